The van der Waals surface area contributed by atoms with Gasteiger partial charge in [0.25, 0.3) is 0 Å². The van der Waals surface area contributed by atoms with Crippen LogP contribution in [0.5, 0.6) is 0 Å². The standard InChI is InChI=1S/C27H28N2O2/c1-3-26(30)29(22-14-8-5-9-15-22)25-18-20(2)28(24-17-11-10-16-23(24)25)27(31)19-21-12-6-4-7-13-21/h4-17,20,25H,3,18-19H2,1-2H3/t20-,25+/m0/s1. The largest absolute Gasteiger partial charge is 0.309 e. The van der Waals surface area contributed by atoms with Crippen LogP contribution in [0.4, 0.5) is 11.4 Å². The van der Waals surface area contributed by atoms with E-state index in [4.69, 9.17) is 0 Å². The van der Waals surface area contributed by atoms with Crippen LogP contribution < -0.4 is 9.80 Å². The predicted molar refractivity (Wildman–Crippen MR) is 125 cm³/mol. The molecule has 0 saturated heterocycles. The maximum atomic E-state index is 13.3. The number of hydrogen-bond donors (Lipinski definition) is 0. The Hall–Kier alpha value is -3.40. The summed E-state index contributed by atoms with van der Waals surface area (Å²) in [6, 6.07) is 27.5. The molecule has 0 aromatic heterocycles. The van der Waals surface area contributed by atoms with Crippen molar-refractivity contribution in [2.75, 3.05) is 9.80 Å². The first-order valence-corrected chi connectivity index (χ1v) is 10.9. The Balaban J connectivity index is 1.72. The van der Waals surface area contributed by atoms with E-state index >= 15 is 0 Å². The Morgan fingerprint density at radius 1 is 0.903 bits per heavy atom. The van der Waals surface area contributed by atoms with Gasteiger partial charge in [-0.2, -0.15) is 0 Å². The van der Waals surface area contributed by atoms with Crippen molar-refractivity contribution in [1.82, 2.24) is 0 Å². The van der Waals surface area contributed by atoms with Gasteiger partial charge < -0.3 is 9.80 Å². The number of hydrogen-bond acceptors (Lipinski definition) is 2. The summed E-state index contributed by atoms with van der Waals surface area (Å²) in [6.45, 7) is 3.97. The highest BCUT2D eigenvalue weighted by atomic mass is 16.2. The van der Waals surface area contributed by atoms with Crippen LogP contribution in [-0.2, 0) is 16.0 Å². The first-order valence-electron chi connectivity index (χ1n) is 10.9. The number of benzene rings is 3. The molecule has 0 saturated carbocycles. The Bertz CT molecular complexity index is 1050. The molecule has 158 valence electrons. The van der Waals surface area contributed by atoms with Crippen LogP contribution in [0.3, 0.4) is 0 Å². The predicted octanol–water partition coefficient (Wildman–Crippen LogP) is 5.54. The number of carbonyl (C=O) groups is 2. The van der Waals surface area contributed by atoms with E-state index in [0.29, 0.717) is 19.3 Å². The molecule has 1 aliphatic heterocycles. The van der Waals surface area contributed by atoms with Crippen molar-refractivity contribution in [3.63, 3.8) is 0 Å². The highest BCUT2D eigenvalue weighted by Gasteiger charge is 2.38. The Labute approximate surface area is 184 Å². The molecule has 31 heavy (non-hydrogen) atoms. The molecule has 4 rings (SSSR count). The zero-order valence-electron chi connectivity index (χ0n) is 18.1. The summed E-state index contributed by atoms with van der Waals surface area (Å²) < 4.78 is 0. The summed E-state index contributed by atoms with van der Waals surface area (Å²) in [7, 11) is 0. The van der Waals surface area contributed by atoms with E-state index in [9.17, 15) is 9.59 Å². The molecular formula is C27H28N2O2. The van der Waals surface area contributed by atoms with Crippen LogP contribution in [-0.4, -0.2) is 17.9 Å². The fourth-order valence-electron chi connectivity index (χ4n) is 4.52. The molecular weight excluding hydrogens is 384 g/mol. The normalized spacial score (nSPS) is 17.7. The van der Waals surface area contributed by atoms with E-state index in [1.807, 2.05) is 102 Å². The van der Waals surface area contributed by atoms with E-state index in [2.05, 4.69) is 6.92 Å². The zero-order valence-corrected chi connectivity index (χ0v) is 18.1. The number of rotatable bonds is 5. The second-order valence-corrected chi connectivity index (χ2v) is 8.04. The number of fused-ring (bicyclic) bond motifs is 1. The summed E-state index contributed by atoms with van der Waals surface area (Å²) in [4.78, 5) is 30.2. The zero-order chi connectivity index (χ0) is 21.8. The first-order chi connectivity index (χ1) is 15.1. The van der Waals surface area contributed by atoms with Crippen LogP contribution in [0.2, 0.25) is 0 Å². The van der Waals surface area contributed by atoms with Gasteiger partial charge >= 0.3 is 0 Å². The third-order valence-corrected chi connectivity index (χ3v) is 5.94. The molecule has 0 fully saturated rings. The lowest BCUT2D eigenvalue weighted by atomic mass is 9.89. The molecule has 0 unspecified atom stereocenters. The molecule has 0 spiro atoms. The van der Waals surface area contributed by atoms with Crippen molar-refractivity contribution in [3.05, 3.63) is 96.1 Å². The third-order valence-electron chi connectivity index (χ3n) is 5.94. The fraction of sp³-hybridized carbons (Fsp3) is 0.259. The van der Waals surface area contributed by atoms with Gasteiger partial charge in [-0.05, 0) is 42.7 Å². The Morgan fingerprint density at radius 3 is 2.19 bits per heavy atom. The van der Waals surface area contributed by atoms with Gasteiger partial charge in [-0.3, -0.25) is 9.59 Å². The quantitative estimate of drug-likeness (QED) is 0.552. The lowest BCUT2D eigenvalue weighted by Crippen LogP contribution is -2.48. The highest BCUT2D eigenvalue weighted by Crippen LogP contribution is 2.42. The summed E-state index contributed by atoms with van der Waals surface area (Å²) >= 11 is 0. The number of amides is 2. The van der Waals surface area contributed by atoms with Gasteiger partial charge in [0.2, 0.25) is 11.8 Å². The summed E-state index contributed by atoms with van der Waals surface area (Å²) in [5.74, 6) is 0.167. The lowest BCUT2D eigenvalue weighted by Gasteiger charge is -2.43. The van der Waals surface area contributed by atoms with Gasteiger partial charge in [0.05, 0.1) is 12.5 Å². The lowest BCUT2D eigenvalue weighted by molar-refractivity contribution is -0.118. The second kappa shape index (κ2) is 9.17. The number of nitrogens with zero attached hydrogens (tertiary/aromatic N) is 2. The Kier molecular flexibility index (Phi) is 6.17. The minimum atomic E-state index is -0.109. The maximum Gasteiger partial charge on any atom is 0.231 e. The van der Waals surface area contributed by atoms with Crippen LogP contribution >= 0.6 is 0 Å². The average Bonchev–Trinajstić information content (AvgIpc) is 2.80. The minimum Gasteiger partial charge on any atom is -0.309 e. The SMILES string of the molecule is CCC(=O)N(c1ccccc1)[C@@H]1C[C@H](C)N(C(=O)Cc2ccccc2)c2ccccc21. The molecule has 2 amide bonds. The van der Waals surface area contributed by atoms with Crippen molar-refractivity contribution >= 4 is 23.2 Å². The van der Waals surface area contributed by atoms with E-state index in [1.165, 1.54) is 0 Å². The topological polar surface area (TPSA) is 40.6 Å². The molecule has 0 N–H and O–H groups in total. The minimum absolute atomic E-state index is 0.0213. The van der Waals surface area contributed by atoms with Gasteiger partial charge in [-0.1, -0.05) is 73.7 Å². The molecule has 0 aliphatic carbocycles. The van der Waals surface area contributed by atoms with Crippen molar-refractivity contribution in [1.29, 1.82) is 0 Å². The van der Waals surface area contributed by atoms with Crippen molar-refractivity contribution < 1.29 is 9.59 Å². The second-order valence-electron chi connectivity index (χ2n) is 8.04. The van der Waals surface area contributed by atoms with Crippen molar-refractivity contribution in [2.24, 2.45) is 0 Å². The van der Waals surface area contributed by atoms with E-state index in [0.717, 1.165) is 22.5 Å². The highest BCUT2D eigenvalue weighted by molar-refractivity contribution is 5.98. The molecule has 4 nitrogen and oxygen atoms in total. The number of para-hydroxylation sites is 2. The first kappa shape index (κ1) is 20.9. The van der Waals surface area contributed by atoms with Crippen molar-refractivity contribution in [3.8, 4) is 0 Å². The monoisotopic (exact) mass is 412 g/mol. The van der Waals surface area contributed by atoms with E-state index in [1.54, 1.807) is 0 Å². The van der Waals surface area contributed by atoms with Crippen LogP contribution in [0.25, 0.3) is 0 Å². The Morgan fingerprint density at radius 2 is 1.52 bits per heavy atom. The third kappa shape index (κ3) is 4.24. The van der Waals surface area contributed by atoms with Crippen LogP contribution in [0.1, 0.15) is 43.9 Å². The van der Waals surface area contributed by atoms with Crippen LogP contribution in [0.15, 0.2) is 84.9 Å². The molecule has 1 aliphatic rings. The molecule has 0 bridgehead atoms. The summed E-state index contributed by atoms with van der Waals surface area (Å²) in [5.41, 5.74) is 3.82. The summed E-state index contributed by atoms with van der Waals surface area (Å²) in [5, 5.41) is 0. The maximum absolute atomic E-state index is 13.3. The average molecular weight is 413 g/mol. The van der Waals surface area contributed by atoms with Gasteiger partial charge in [-0.25, -0.2) is 0 Å². The van der Waals surface area contributed by atoms with Gasteiger partial charge in [0.1, 0.15) is 0 Å². The van der Waals surface area contributed by atoms with E-state index < -0.39 is 0 Å². The number of carbonyl (C=O) groups excluding carboxylic acids is 2. The summed E-state index contributed by atoms with van der Waals surface area (Å²) in [6.07, 6.45) is 1.48. The molecule has 0 radical (unpaired) electrons. The molecule has 4 heteroatoms. The van der Waals surface area contributed by atoms with Crippen LogP contribution in [0, 0.1) is 0 Å². The smallest absolute Gasteiger partial charge is 0.231 e. The van der Waals surface area contributed by atoms with Crippen molar-refractivity contribution in [2.45, 2.75) is 45.2 Å². The molecule has 3 aromatic rings. The molecule has 3 aromatic carbocycles. The fourth-order valence-corrected chi connectivity index (χ4v) is 4.52. The molecule has 1 heterocycles. The van der Waals surface area contributed by atoms with Gasteiger partial charge in [0.15, 0.2) is 0 Å². The number of anilines is 2. The van der Waals surface area contributed by atoms with E-state index in [-0.39, 0.29) is 23.9 Å². The van der Waals surface area contributed by atoms with Gasteiger partial charge in [0, 0.05) is 23.8 Å². The molecule has 2 atom stereocenters. The van der Waals surface area contributed by atoms with Gasteiger partial charge in [-0.15, -0.1) is 0 Å².